The topological polar surface area (TPSA) is 66.1 Å². The number of ether oxygens (including phenoxy) is 1. The van der Waals surface area contributed by atoms with E-state index in [9.17, 15) is 9.59 Å². The Morgan fingerprint density at radius 2 is 2.00 bits per heavy atom. The van der Waals surface area contributed by atoms with Gasteiger partial charge in [0.1, 0.15) is 0 Å². The van der Waals surface area contributed by atoms with Crippen LogP contribution in [0, 0.1) is 13.8 Å². The van der Waals surface area contributed by atoms with Crippen LogP contribution in [0.2, 0.25) is 0 Å². The summed E-state index contributed by atoms with van der Waals surface area (Å²) < 4.78 is 8.78. The van der Waals surface area contributed by atoms with Crippen LogP contribution in [-0.2, 0) is 18.3 Å². The number of aromatic nitrogens is 3. The number of Topliss-reactive ketones (excluding diaryl/α,β-unsaturated/α-hetero) is 1. The Morgan fingerprint density at radius 3 is 2.75 bits per heavy atom. The molecule has 0 atom stereocenters. The molecule has 0 amide bonds. The Bertz CT molecular complexity index is 1070. The lowest BCUT2D eigenvalue weighted by Gasteiger charge is -2.10. The Morgan fingerprint density at radius 1 is 1.25 bits per heavy atom. The highest BCUT2D eigenvalue weighted by atomic mass is 32.2. The first-order valence-electron chi connectivity index (χ1n) is 9.21. The minimum Gasteiger partial charge on any atom is -0.385 e. The maximum atomic E-state index is 12.8. The van der Waals surface area contributed by atoms with Crippen LogP contribution in [0.25, 0.3) is 10.9 Å². The Labute approximate surface area is 168 Å². The van der Waals surface area contributed by atoms with Gasteiger partial charge in [-0.05, 0) is 38.5 Å². The molecule has 0 fully saturated rings. The van der Waals surface area contributed by atoms with Crippen LogP contribution in [0.5, 0.6) is 0 Å². The van der Waals surface area contributed by atoms with Gasteiger partial charge in [-0.15, -0.1) is 0 Å². The van der Waals surface area contributed by atoms with Gasteiger partial charge in [0.15, 0.2) is 10.9 Å². The Balaban J connectivity index is 1.78. The molecular formula is C21H25N3O3S. The molecule has 148 valence electrons. The Hall–Kier alpha value is -2.38. The highest BCUT2D eigenvalue weighted by molar-refractivity contribution is 7.99. The molecule has 0 aliphatic carbocycles. The molecule has 2 aromatic heterocycles. The third-order valence-corrected chi connectivity index (χ3v) is 5.91. The number of benzene rings is 1. The summed E-state index contributed by atoms with van der Waals surface area (Å²) in [5, 5.41) is 1.13. The molecule has 3 rings (SSSR count). The second kappa shape index (κ2) is 8.75. The zero-order valence-corrected chi connectivity index (χ0v) is 17.5. The van der Waals surface area contributed by atoms with Crippen molar-refractivity contribution in [3.05, 3.63) is 57.6 Å². The number of hydrogen-bond donors (Lipinski definition) is 0. The number of nitrogens with zero attached hydrogens (tertiary/aromatic N) is 3. The predicted molar refractivity (Wildman–Crippen MR) is 112 cm³/mol. The van der Waals surface area contributed by atoms with Gasteiger partial charge in [0, 0.05) is 44.3 Å². The van der Waals surface area contributed by atoms with Gasteiger partial charge in [-0.3, -0.25) is 14.2 Å². The van der Waals surface area contributed by atoms with E-state index in [0.29, 0.717) is 22.7 Å². The van der Waals surface area contributed by atoms with Crippen molar-refractivity contribution in [3.8, 4) is 0 Å². The van der Waals surface area contributed by atoms with E-state index in [1.807, 2.05) is 38.1 Å². The third kappa shape index (κ3) is 4.05. The second-order valence-electron chi connectivity index (χ2n) is 6.77. The van der Waals surface area contributed by atoms with E-state index in [1.165, 1.54) is 16.3 Å². The van der Waals surface area contributed by atoms with Crippen molar-refractivity contribution in [3.63, 3.8) is 0 Å². The lowest BCUT2D eigenvalue weighted by atomic mass is 10.2. The largest absolute Gasteiger partial charge is 0.385 e. The zero-order chi connectivity index (χ0) is 20.3. The molecule has 0 N–H and O–H groups in total. The molecule has 0 aliphatic rings. The van der Waals surface area contributed by atoms with Gasteiger partial charge in [-0.25, -0.2) is 4.98 Å². The van der Waals surface area contributed by atoms with Crippen LogP contribution in [0.1, 0.15) is 28.2 Å². The number of ketones is 1. The summed E-state index contributed by atoms with van der Waals surface area (Å²) in [5.41, 5.74) is 3.32. The van der Waals surface area contributed by atoms with Gasteiger partial charge in [-0.1, -0.05) is 23.9 Å². The maximum Gasteiger partial charge on any atom is 0.261 e. The van der Waals surface area contributed by atoms with Crippen LogP contribution in [0.15, 0.2) is 40.3 Å². The summed E-state index contributed by atoms with van der Waals surface area (Å²) in [7, 11) is 3.38. The summed E-state index contributed by atoms with van der Waals surface area (Å²) in [4.78, 5) is 29.9. The molecule has 28 heavy (non-hydrogen) atoms. The highest BCUT2D eigenvalue weighted by Crippen LogP contribution is 2.21. The lowest BCUT2D eigenvalue weighted by Crippen LogP contribution is -2.20. The number of hydrogen-bond acceptors (Lipinski definition) is 5. The standard InChI is InChI=1S/C21H25N3O3S/c1-14-12-17(15(2)24(14)10-7-11-27-4)19(25)13-28-21-22-18-9-6-5-8-16(18)20(26)23(21)3/h5-6,8-9,12H,7,10-11,13H2,1-4H3. The fourth-order valence-corrected chi connectivity index (χ4v) is 4.18. The monoisotopic (exact) mass is 399 g/mol. The van der Waals surface area contributed by atoms with Gasteiger partial charge in [0.25, 0.3) is 5.56 Å². The van der Waals surface area contributed by atoms with E-state index in [4.69, 9.17) is 4.74 Å². The van der Waals surface area contributed by atoms with Crippen LogP contribution in [0.4, 0.5) is 0 Å². The Kier molecular flexibility index (Phi) is 6.36. The van der Waals surface area contributed by atoms with Crippen molar-refractivity contribution >= 4 is 28.4 Å². The van der Waals surface area contributed by atoms with E-state index in [1.54, 1.807) is 20.2 Å². The smallest absolute Gasteiger partial charge is 0.261 e. The maximum absolute atomic E-state index is 12.8. The predicted octanol–water partition coefficient (Wildman–Crippen LogP) is 3.36. The van der Waals surface area contributed by atoms with Gasteiger partial charge in [0.05, 0.1) is 16.7 Å². The van der Waals surface area contributed by atoms with Crippen LogP contribution < -0.4 is 5.56 Å². The van der Waals surface area contributed by atoms with Crippen molar-refractivity contribution < 1.29 is 9.53 Å². The second-order valence-corrected chi connectivity index (χ2v) is 7.71. The number of thioether (sulfide) groups is 1. The third-order valence-electron chi connectivity index (χ3n) is 4.88. The number of aryl methyl sites for hydroxylation is 1. The summed E-state index contributed by atoms with van der Waals surface area (Å²) in [6, 6.07) is 9.20. The number of carbonyl (C=O) groups excluding carboxylic acids is 1. The molecule has 0 spiro atoms. The summed E-state index contributed by atoms with van der Waals surface area (Å²) >= 11 is 1.30. The first-order valence-corrected chi connectivity index (χ1v) is 10.2. The van der Waals surface area contributed by atoms with Gasteiger partial charge in [0.2, 0.25) is 0 Å². The number of rotatable bonds is 8. The molecule has 0 aliphatic heterocycles. The fraction of sp³-hybridized carbons (Fsp3) is 0.381. The van der Waals surface area contributed by atoms with E-state index in [-0.39, 0.29) is 17.1 Å². The van der Waals surface area contributed by atoms with Crippen LogP contribution in [-0.4, -0.2) is 39.4 Å². The van der Waals surface area contributed by atoms with Crippen molar-refractivity contribution in [2.75, 3.05) is 19.5 Å². The van der Waals surface area contributed by atoms with Gasteiger partial charge in [-0.2, -0.15) is 0 Å². The van der Waals surface area contributed by atoms with Crippen LogP contribution in [0.3, 0.4) is 0 Å². The number of methoxy groups -OCH3 is 1. The normalized spacial score (nSPS) is 11.3. The average molecular weight is 400 g/mol. The summed E-state index contributed by atoms with van der Waals surface area (Å²) in [6.07, 6.45) is 0.901. The molecule has 2 heterocycles. The molecule has 0 bridgehead atoms. The van der Waals surface area contributed by atoms with Crippen molar-refractivity contribution in [1.82, 2.24) is 14.1 Å². The number of para-hydroxylation sites is 1. The molecular weight excluding hydrogens is 374 g/mol. The van der Waals surface area contributed by atoms with E-state index in [2.05, 4.69) is 9.55 Å². The molecule has 0 saturated heterocycles. The first-order chi connectivity index (χ1) is 13.4. The molecule has 7 heteroatoms. The molecule has 0 radical (unpaired) electrons. The molecule has 0 unspecified atom stereocenters. The number of carbonyl (C=O) groups is 1. The first kappa shape index (κ1) is 20.4. The average Bonchev–Trinajstić information content (AvgIpc) is 2.98. The minimum absolute atomic E-state index is 0.0403. The SMILES string of the molecule is COCCCn1c(C)cc(C(=O)CSc2nc3ccccc3c(=O)n2C)c1C. The summed E-state index contributed by atoms with van der Waals surface area (Å²) in [6.45, 7) is 5.50. The van der Waals surface area contributed by atoms with Crippen molar-refractivity contribution in [2.45, 2.75) is 32.0 Å². The molecule has 0 saturated carbocycles. The van der Waals surface area contributed by atoms with Crippen molar-refractivity contribution in [2.24, 2.45) is 7.05 Å². The quantitative estimate of drug-likeness (QED) is 0.251. The van der Waals surface area contributed by atoms with E-state index >= 15 is 0 Å². The summed E-state index contributed by atoms with van der Waals surface area (Å²) in [5.74, 6) is 0.277. The molecule has 3 aromatic rings. The molecule has 1 aromatic carbocycles. The van der Waals surface area contributed by atoms with Crippen LogP contribution >= 0.6 is 11.8 Å². The lowest BCUT2D eigenvalue weighted by molar-refractivity contribution is 0.102. The fourth-order valence-electron chi connectivity index (χ4n) is 3.33. The molecule has 6 nitrogen and oxygen atoms in total. The van der Waals surface area contributed by atoms with E-state index < -0.39 is 0 Å². The van der Waals surface area contributed by atoms with Gasteiger partial charge < -0.3 is 9.30 Å². The van der Waals surface area contributed by atoms with E-state index in [0.717, 1.165) is 29.9 Å². The highest BCUT2D eigenvalue weighted by Gasteiger charge is 2.17. The minimum atomic E-state index is -0.100. The van der Waals surface area contributed by atoms with Gasteiger partial charge >= 0.3 is 0 Å². The zero-order valence-electron chi connectivity index (χ0n) is 16.7. The number of fused-ring (bicyclic) bond motifs is 1. The van der Waals surface area contributed by atoms with Crippen molar-refractivity contribution in [1.29, 1.82) is 0 Å².